The van der Waals surface area contributed by atoms with Crippen molar-refractivity contribution in [3.8, 4) is 0 Å². The van der Waals surface area contributed by atoms with Gasteiger partial charge in [-0.2, -0.15) is 0 Å². The van der Waals surface area contributed by atoms with Gasteiger partial charge in [-0.15, -0.1) is 0 Å². The van der Waals surface area contributed by atoms with E-state index in [1.165, 1.54) is 0 Å². The van der Waals surface area contributed by atoms with Gasteiger partial charge in [-0.25, -0.2) is 0 Å². The Bertz CT molecular complexity index is 2280. The van der Waals surface area contributed by atoms with Crippen LogP contribution in [0, 0.1) is 0 Å². The Balaban J connectivity index is 1.08. The summed E-state index contributed by atoms with van der Waals surface area (Å²) in [5.41, 5.74) is 5.86. The Morgan fingerprint density at radius 2 is 0.848 bits per heavy atom. The molecule has 3 aliphatic rings. The second kappa shape index (κ2) is 23.6. The zero-order valence-electron chi connectivity index (χ0n) is 37.1. The van der Waals surface area contributed by atoms with Crippen LogP contribution in [0.4, 0.5) is 0 Å². The van der Waals surface area contributed by atoms with Crippen molar-refractivity contribution in [3.05, 3.63) is 215 Å². The molecule has 66 heavy (non-hydrogen) atoms. The third kappa shape index (κ3) is 12.1. The summed E-state index contributed by atoms with van der Waals surface area (Å²) in [6.07, 6.45) is -8.22. The number of rotatable bonds is 20. The van der Waals surface area contributed by atoms with Gasteiger partial charge < -0.3 is 52.1 Å². The minimum absolute atomic E-state index is 0.142. The minimum Gasteiger partial charge on any atom is -0.374 e. The highest BCUT2D eigenvalue weighted by atomic mass is 16.8. The molecular formula is C55H58O11. The lowest BCUT2D eigenvalue weighted by atomic mass is 9.95. The number of fused-ring (bicyclic) bond motifs is 1. The molecular weight excluding hydrogens is 837 g/mol. The molecule has 0 bridgehead atoms. The van der Waals surface area contributed by atoms with Crippen LogP contribution in [0.2, 0.25) is 0 Å². The van der Waals surface area contributed by atoms with E-state index in [0.717, 1.165) is 33.4 Å². The van der Waals surface area contributed by atoms with E-state index in [9.17, 15) is 0 Å². The summed E-state index contributed by atoms with van der Waals surface area (Å²) < 4.78 is 74.6. The SMILES string of the molecule is CO[C@@H]1O[C@H](COCc2ccccc2)[C@@H](O[C@@H]2O[C@@H]3COC(c4ccccc4)O[C@@H]3[C@H](OCc3ccccc3)[C@H]2OCc2ccccc2)[C@H](OCc2ccccc2)[C@H]1OCc1ccccc1. The van der Waals surface area contributed by atoms with Crippen LogP contribution in [0.15, 0.2) is 182 Å². The van der Waals surface area contributed by atoms with Crippen LogP contribution in [0.5, 0.6) is 0 Å². The fraction of sp³-hybridized carbons (Fsp3) is 0.345. The van der Waals surface area contributed by atoms with Gasteiger partial charge in [0.25, 0.3) is 0 Å². The highest BCUT2D eigenvalue weighted by Gasteiger charge is 2.56. The molecule has 9 rings (SSSR count). The molecule has 344 valence electrons. The maximum absolute atomic E-state index is 7.36. The van der Waals surface area contributed by atoms with E-state index in [1.54, 1.807) is 7.11 Å². The maximum Gasteiger partial charge on any atom is 0.187 e. The quantitative estimate of drug-likeness (QED) is 0.0734. The van der Waals surface area contributed by atoms with E-state index in [-0.39, 0.29) is 33.0 Å². The average molecular weight is 895 g/mol. The molecule has 0 aromatic heterocycles. The molecule has 3 aliphatic heterocycles. The Hall–Kier alpha value is -5.12. The molecule has 0 aliphatic carbocycles. The van der Waals surface area contributed by atoms with E-state index in [0.29, 0.717) is 13.2 Å². The topological polar surface area (TPSA) is 102 Å². The van der Waals surface area contributed by atoms with Gasteiger partial charge in [-0.1, -0.05) is 182 Å². The molecule has 3 heterocycles. The predicted molar refractivity (Wildman–Crippen MR) is 245 cm³/mol. The van der Waals surface area contributed by atoms with Crippen LogP contribution in [0.25, 0.3) is 0 Å². The third-order valence-electron chi connectivity index (χ3n) is 12.0. The zero-order chi connectivity index (χ0) is 44.8. The van der Waals surface area contributed by atoms with Gasteiger partial charge in [0.2, 0.25) is 0 Å². The molecule has 11 atom stereocenters. The summed E-state index contributed by atoms with van der Waals surface area (Å²) in [6.45, 7) is 1.80. The van der Waals surface area contributed by atoms with Gasteiger partial charge in [-0.05, 0) is 27.8 Å². The van der Waals surface area contributed by atoms with Gasteiger partial charge in [0.05, 0.1) is 46.2 Å². The number of ether oxygens (including phenoxy) is 11. The molecule has 0 N–H and O–H groups in total. The molecule has 3 saturated heterocycles. The van der Waals surface area contributed by atoms with Crippen LogP contribution in [0.3, 0.4) is 0 Å². The largest absolute Gasteiger partial charge is 0.374 e. The van der Waals surface area contributed by atoms with Gasteiger partial charge >= 0.3 is 0 Å². The molecule has 11 nitrogen and oxygen atoms in total. The second-order valence-electron chi connectivity index (χ2n) is 16.6. The summed E-state index contributed by atoms with van der Waals surface area (Å²) in [5, 5.41) is 0. The highest BCUT2D eigenvalue weighted by Crippen LogP contribution is 2.40. The van der Waals surface area contributed by atoms with Crippen molar-refractivity contribution in [2.75, 3.05) is 20.3 Å². The standard InChI is InChI=1S/C55H58O11/c1-56-54-51(60-35-42-26-14-5-15-27-42)49(58-33-40-22-10-3-11-23-40)47(45(63-54)37-57-32-39-20-8-2-9-21-39)66-55-52(61-36-43-28-16-6-17-29-43)50(59-34-41-24-12-4-13-25-41)48-46(64-55)38-62-53(65-48)44-30-18-7-19-31-44/h2-31,45-55H,32-38H2,1H3/t45-,46-,47-,48+,49+,50+,51-,52-,53?,54-,55+/m1/s1. The van der Waals surface area contributed by atoms with E-state index in [2.05, 4.69) is 0 Å². The Kier molecular flexibility index (Phi) is 16.4. The lowest BCUT2D eigenvalue weighted by molar-refractivity contribution is -0.397. The summed E-state index contributed by atoms with van der Waals surface area (Å²) in [4.78, 5) is 0. The van der Waals surface area contributed by atoms with Gasteiger partial charge in [0, 0.05) is 12.7 Å². The molecule has 6 aromatic carbocycles. The minimum atomic E-state index is -1.03. The van der Waals surface area contributed by atoms with Crippen LogP contribution < -0.4 is 0 Å². The number of hydrogen-bond acceptors (Lipinski definition) is 11. The van der Waals surface area contributed by atoms with Crippen LogP contribution >= 0.6 is 0 Å². The molecule has 11 heteroatoms. The number of methoxy groups -OCH3 is 1. The summed E-state index contributed by atoms with van der Waals surface area (Å²) in [5.74, 6) is 0. The predicted octanol–water partition coefficient (Wildman–Crippen LogP) is 9.14. The molecule has 3 fully saturated rings. The van der Waals surface area contributed by atoms with Gasteiger partial charge in [0.1, 0.15) is 48.8 Å². The Morgan fingerprint density at radius 1 is 0.424 bits per heavy atom. The van der Waals surface area contributed by atoms with Crippen LogP contribution in [-0.4, -0.2) is 81.7 Å². The Morgan fingerprint density at radius 3 is 1.33 bits per heavy atom. The maximum atomic E-state index is 7.36. The zero-order valence-corrected chi connectivity index (χ0v) is 37.1. The third-order valence-corrected chi connectivity index (χ3v) is 12.0. The van der Waals surface area contributed by atoms with Crippen LogP contribution in [0.1, 0.15) is 39.7 Å². The second-order valence-corrected chi connectivity index (χ2v) is 16.6. The van der Waals surface area contributed by atoms with E-state index >= 15 is 0 Å². The van der Waals surface area contributed by atoms with E-state index in [1.807, 2.05) is 182 Å². The molecule has 0 saturated carbocycles. The summed E-state index contributed by atoms with van der Waals surface area (Å²) >= 11 is 0. The fourth-order valence-electron chi connectivity index (χ4n) is 8.62. The van der Waals surface area contributed by atoms with Crippen molar-refractivity contribution >= 4 is 0 Å². The first-order chi connectivity index (χ1) is 32.7. The number of benzene rings is 6. The van der Waals surface area contributed by atoms with Crippen molar-refractivity contribution in [2.45, 2.75) is 101 Å². The van der Waals surface area contributed by atoms with Crippen molar-refractivity contribution < 1.29 is 52.1 Å². The van der Waals surface area contributed by atoms with E-state index < -0.39 is 67.7 Å². The van der Waals surface area contributed by atoms with Gasteiger partial charge in [0.15, 0.2) is 18.9 Å². The molecule has 1 unspecified atom stereocenters. The lowest BCUT2D eigenvalue weighted by Gasteiger charge is -2.51. The van der Waals surface area contributed by atoms with E-state index in [4.69, 9.17) is 52.1 Å². The van der Waals surface area contributed by atoms with Crippen molar-refractivity contribution in [3.63, 3.8) is 0 Å². The monoisotopic (exact) mass is 894 g/mol. The highest BCUT2D eigenvalue weighted by molar-refractivity contribution is 5.19. The molecule has 6 aromatic rings. The smallest absolute Gasteiger partial charge is 0.187 e. The lowest BCUT2D eigenvalue weighted by Crippen LogP contribution is -2.67. The normalized spacial score (nSPS) is 27.5. The first-order valence-corrected chi connectivity index (χ1v) is 22.7. The Labute approximate surface area is 387 Å². The fourth-order valence-corrected chi connectivity index (χ4v) is 8.62. The van der Waals surface area contributed by atoms with Crippen molar-refractivity contribution in [1.82, 2.24) is 0 Å². The van der Waals surface area contributed by atoms with Gasteiger partial charge in [-0.3, -0.25) is 0 Å². The number of hydrogen-bond donors (Lipinski definition) is 0. The first kappa shape index (κ1) is 46.0. The summed E-state index contributed by atoms with van der Waals surface area (Å²) in [6, 6.07) is 60.0. The molecule has 0 amide bonds. The van der Waals surface area contributed by atoms with Crippen molar-refractivity contribution in [2.24, 2.45) is 0 Å². The summed E-state index contributed by atoms with van der Waals surface area (Å²) in [7, 11) is 1.61. The first-order valence-electron chi connectivity index (χ1n) is 22.7. The van der Waals surface area contributed by atoms with Crippen molar-refractivity contribution in [1.29, 1.82) is 0 Å². The van der Waals surface area contributed by atoms with Crippen LogP contribution in [-0.2, 0) is 85.1 Å². The molecule has 0 spiro atoms. The average Bonchev–Trinajstić information content (AvgIpc) is 3.38. The molecule has 0 radical (unpaired) electrons.